The quantitative estimate of drug-likeness (QED) is 0.821. The van der Waals surface area contributed by atoms with Crippen LogP contribution in [-0.2, 0) is 9.47 Å². The number of nitrogens with zero attached hydrogens (tertiary/aromatic N) is 1. The highest BCUT2D eigenvalue weighted by Crippen LogP contribution is 2.20. The molecule has 0 aliphatic carbocycles. The summed E-state index contributed by atoms with van der Waals surface area (Å²) in [6, 6.07) is 0. The van der Waals surface area contributed by atoms with Gasteiger partial charge in [0.1, 0.15) is 0 Å². The van der Waals surface area contributed by atoms with Crippen molar-refractivity contribution in [3.05, 3.63) is 0 Å². The van der Waals surface area contributed by atoms with Crippen LogP contribution < -0.4 is 5.32 Å². The molecule has 1 atom stereocenters. The fourth-order valence-electron chi connectivity index (χ4n) is 3.03. The van der Waals surface area contributed by atoms with Gasteiger partial charge >= 0.3 is 0 Å². The minimum atomic E-state index is 0.267. The molecule has 2 aliphatic rings. The number of hydrogen-bond acceptors (Lipinski definition) is 4. The third kappa shape index (κ3) is 3.67. The smallest absolute Gasteiger partial charge is 0.0936 e. The van der Waals surface area contributed by atoms with E-state index < -0.39 is 0 Å². The lowest BCUT2D eigenvalue weighted by Gasteiger charge is -2.37. The molecule has 2 rings (SSSR count). The molecular formula is C14H28N2O2. The maximum absolute atomic E-state index is 5.77. The predicted molar refractivity (Wildman–Crippen MR) is 72.9 cm³/mol. The molecule has 0 bridgehead atoms. The van der Waals surface area contributed by atoms with Crippen LogP contribution in [-0.4, -0.2) is 62.5 Å². The van der Waals surface area contributed by atoms with Crippen molar-refractivity contribution in [1.82, 2.24) is 10.2 Å². The van der Waals surface area contributed by atoms with Gasteiger partial charge in [0.2, 0.25) is 0 Å². The largest absolute Gasteiger partial charge is 0.376 e. The van der Waals surface area contributed by atoms with Crippen LogP contribution in [0.4, 0.5) is 0 Å². The summed E-state index contributed by atoms with van der Waals surface area (Å²) in [6.07, 6.45) is 3.89. The van der Waals surface area contributed by atoms with E-state index in [2.05, 4.69) is 24.1 Å². The van der Waals surface area contributed by atoms with E-state index in [-0.39, 0.29) is 6.10 Å². The van der Waals surface area contributed by atoms with Gasteiger partial charge in [-0.1, -0.05) is 13.8 Å². The van der Waals surface area contributed by atoms with E-state index >= 15 is 0 Å². The van der Waals surface area contributed by atoms with Gasteiger partial charge in [0.25, 0.3) is 0 Å². The fourth-order valence-corrected chi connectivity index (χ4v) is 3.03. The minimum Gasteiger partial charge on any atom is -0.376 e. The monoisotopic (exact) mass is 256 g/mol. The van der Waals surface area contributed by atoms with Gasteiger partial charge in [0, 0.05) is 18.6 Å². The Bertz CT molecular complexity index is 238. The minimum absolute atomic E-state index is 0.267. The van der Waals surface area contributed by atoms with Crippen LogP contribution in [0.1, 0.15) is 33.1 Å². The Hall–Kier alpha value is -0.160. The molecule has 0 radical (unpaired) electrons. The third-order valence-electron chi connectivity index (χ3n) is 4.38. The van der Waals surface area contributed by atoms with Gasteiger partial charge < -0.3 is 14.8 Å². The molecule has 0 saturated carbocycles. The summed E-state index contributed by atoms with van der Waals surface area (Å²) in [5.74, 6) is 0. The van der Waals surface area contributed by atoms with E-state index in [1.165, 1.54) is 25.8 Å². The van der Waals surface area contributed by atoms with Crippen LogP contribution in [0.3, 0.4) is 0 Å². The van der Waals surface area contributed by atoms with Crippen molar-refractivity contribution in [3.63, 3.8) is 0 Å². The molecule has 4 nitrogen and oxygen atoms in total. The fraction of sp³-hybridized carbons (Fsp3) is 1.00. The average molecular weight is 256 g/mol. The average Bonchev–Trinajstić information content (AvgIpc) is 2.63. The maximum Gasteiger partial charge on any atom is 0.0936 e. The van der Waals surface area contributed by atoms with Crippen molar-refractivity contribution in [1.29, 1.82) is 0 Å². The number of nitrogens with one attached hydrogen (secondary N) is 1. The molecule has 4 heteroatoms. The summed E-state index contributed by atoms with van der Waals surface area (Å²) in [5.41, 5.74) is 0.298. The van der Waals surface area contributed by atoms with E-state index in [1.807, 2.05) is 0 Å². The summed E-state index contributed by atoms with van der Waals surface area (Å²) in [7, 11) is 0. The zero-order valence-corrected chi connectivity index (χ0v) is 11.9. The standard InChI is InChI=1S/C14H28N2O2/c1-3-14(4-2)12-16(7-5-6-15-14)10-13-11-17-8-9-18-13/h13,15H,3-12H2,1-2H3. The molecule has 2 saturated heterocycles. The van der Waals surface area contributed by atoms with Crippen LogP contribution in [0.15, 0.2) is 0 Å². The lowest BCUT2D eigenvalue weighted by molar-refractivity contribution is -0.0984. The molecule has 0 aromatic rings. The summed E-state index contributed by atoms with van der Waals surface area (Å²) >= 11 is 0. The number of hydrogen-bond donors (Lipinski definition) is 1. The van der Waals surface area contributed by atoms with Gasteiger partial charge in [-0.2, -0.15) is 0 Å². The molecule has 2 heterocycles. The van der Waals surface area contributed by atoms with Crippen molar-refractivity contribution in [3.8, 4) is 0 Å². The first-order valence-electron chi connectivity index (χ1n) is 7.45. The normalized spacial score (nSPS) is 30.0. The van der Waals surface area contributed by atoms with Crippen LogP contribution in [0.5, 0.6) is 0 Å². The Morgan fingerprint density at radius 1 is 1.28 bits per heavy atom. The van der Waals surface area contributed by atoms with E-state index in [9.17, 15) is 0 Å². The van der Waals surface area contributed by atoms with Crippen LogP contribution in [0, 0.1) is 0 Å². The lowest BCUT2D eigenvalue weighted by atomic mass is 9.92. The van der Waals surface area contributed by atoms with Gasteiger partial charge in [-0.3, -0.25) is 4.90 Å². The summed E-state index contributed by atoms with van der Waals surface area (Å²) < 4.78 is 11.3. The van der Waals surface area contributed by atoms with Gasteiger partial charge in [-0.05, 0) is 32.4 Å². The van der Waals surface area contributed by atoms with E-state index in [1.54, 1.807) is 0 Å². The van der Waals surface area contributed by atoms with Gasteiger partial charge in [0.05, 0.1) is 25.9 Å². The maximum atomic E-state index is 5.77. The Kier molecular flexibility index (Phi) is 5.42. The van der Waals surface area contributed by atoms with Gasteiger partial charge in [0.15, 0.2) is 0 Å². The molecule has 0 aromatic heterocycles. The second kappa shape index (κ2) is 6.85. The molecule has 106 valence electrons. The van der Waals surface area contributed by atoms with Crippen LogP contribution in [0.2, 0.25) is 0 Å². The summed E-state index contributed by atoms with van der Waals surface area (Å²) in [4.78, 5) is 2.56. The van der Waals surface area contributed by atoms with Crippen molar-refractivity contribution < 1.29 is 9.47 Å². The van der Waals surface area contributed by atoms with E-state index in [0.717, 1.165) is 39.5 Å². The molecule has 18 heavy (non-hydrogen) atoms. The van der Waals surface area contributed by atoms with Crippen molar-refractivity contribution >= 4 is 0 Å². The Balaban J connectivity index is 1.89. The molecule has 0 aromatic carbocycles. The highest BCUT2D eigenvalue weighted by molar-refractivity contribution is 4.91. The Morgan fingerprint density at radius 2 is 2.11 bits per heavy atom. The second-order valence-corrected chi connectivity index (χ2v) is 5.57. The SMILES string of the molecule is CCC1(CC)CN(CC2COCCO2)CCCN1. The van der Waals surface area contributed by atoms with E-state index in [0.29, 0.717) is 5.54 Å². The molecule has 1 unspecified atom stereocenters. The summed E-state index contributed by atoms with van der Waals surface area (Å²) in [5, 5.41) is 3.75. The first kappa shape index (κ1) is 14.3. The molecule has 2 fully saturated rings. The number of ether oxygens (including phenoxy) is 2. The predicted octanol–water partition coefficient (Wildman–Crippen LogP) is 1.26. The van der Waals surface area contributed by atoms with Crippen molar-refractivity contribution in [2.75, 3.05) is 46.0 Å². The van der Waals surface area contributed by atoms with Gasteiger partial charge in [-0.25, -0.2) is 0 Å². The van der Waals surface area contributed by atoms with Crippen molar-refractivity contribution in [2.45, 2.75) is 44.8 Å². The van der Waals surface area contributed by atoms with Crippen LogP contribution >= 0.6 is 0 Å². The highest BCUT2D eigenvalue weighted by Gasteiger charge is 2.31. The first-order chi connectivity index (χ1) is 8.78. The molecule has 0 amide bonds. The van der Waals surface area contributed by atoms with Gasteiger partial charge in [-0.15, -0.1) is 0 Å². The Labute approximate surface area is 111 Å². The first-order valence-corrected chi connectivity index (χ1v) is 7.45. The third-order valence-corrected chi connectivity index (χ3v) is 4.38. The molecule has 2 aliphatic heterocycles. The van der Waals surface area contributed by atoms with Crippen molar-refractivity contribution in [2.24, 2.45) is 0 Å². The number of rotatable bonds is 4. The molecule has 0 spiro atoms. The molecular weight excluding hydrogens is 228 g/mol. The van der Waals surface area contributed by atoms with E-state index in [4.69, 9.17) is 9.47 Å². The topological polar surface area (TPSA) is 33.7 Å². The summed E-state index contributed by atoms with van der Waals surface area (Å²) in [6.45, 7) is 11.3. The second-order valence-electron chi connectivity index (χ2n) is 5.57. The van der Waals surface area contributed by atoms with Crippen LogP contribution in [0.25, 0.3) is 0 Å². The zero-order chi connectivity index (χ0) is 12.8. The Morgan fingerprint density at radius 3 is 2.78 bits per heavy atom. The zero-order valence-electron chi connectivity index (χ0n) is 11.9. The lowest BCUT2D eigenvalue weighted by Crippen LogP contribution is -2.52. The molecule has 1 N–H and O–H groups in total. The highest BCUT2D eigenvalue weighted by atomic mass is 16.6.